The monoisotopic (exact) mass is 531 g/mol. The third-order valence-corrected chi connectivity index (χ3v) is 8.89. The van der Waals surface area contributed by atoms with E-state index in [2.05, 4.69) is 17.9 Å². The van der Waals surface area contributed by atoms with Gasteiger partial charge in [-0.1, -0.05) is 0 Å². The number of aliphatic hydroxyl groups is 2. The van der Waals surface area contributed by atoms with Crippen molar-refractivity contribution in [2.24, 2.45) is 0 Å². The van der Waals surface area contributed by atoms with E-state index in [-0.39, 0.29) is 19.6 Å². The summed E-state index contributed by atoms with van der Waals surface area (Å²) in [6.07, 6.45) is 2.73. The summed E-state index contributed by atoms with van der Waals surface area (Å²) in [5.74, 6) is -0.575. The summed E-state index contributed by atoms with van der Waals surface area (Å²) >= 11 is 0. The standard InChI is InChI=1S/C28H37NO9/c1-25(2,33)8-9-27(34,24(31)32)15-22(30)38-23-21(35-4)14-28-7-5-10-29(28)11-6-17-12-19-20(37-16-36-19)13-18(17)26(23,28)3/h12-14,23,33-34H,5-11,15-16H2,1-4H3,(H,31,32)/t23-,26-,27-,28+/m1/s1. The van der Waals surface area contributed by atoms with E-state index in [0.717, 1.165) is 43.5 Å². The van der Waals surface area contributed by atoms with Crippen LogP contribution in [0.15, 0.2) is 24.0 Å². The number of aliphatic carboxylic acids is 1. The molecular formula is C28H37NO9. The predicted molar refractivity (Wildman–Crippen MR) is 135 cm³/mol. The van der Waals surface area contributed by atoms with Crippen LogP contribution in [-0.4, -0.2) is 82.0 Å². The molecule has 10 nitrogen and oxygen atoms in total. The number of esters is 1. The molecule has 0 bridgehead atoms. The summed E-state index contributed by atoms with van der Waals surface area (Å²) in [5, 5.41) is 30.7. The van der Waals surface area contributed by atoms with Gasteiger partial charge in [0, 0.05) is 6.54 Å². The average Bonchev–Trinajstić information content (AvgIpc) is 3.52. The first-order valence-corrected chi connectivity index (χ1v) is 13.2. The highest BCUT2D eigenvalue weighted by Crippen LogP contribution is 2.59. The molecule has 1 spiro atoms. The van der Waals surface area contributed by atoms with Crippen LogP contribution >= 0.6 is 0 Å². The number of carbonyl (C=O) groups excluding carboxylic acids is 1. The first-order valence-electron chi connectivity index (χ1n) is 13.2. The van der Waals surface area contributed by atoms with Gasteiger partial charge in [0.05, 0.1) is 30.1 Å². The lowest BCUT2D eigenvalue weighted by molar-refractivity contribution is -0.173. The van der Waals surface area contributed by atoms with E-state index >= 15 is 0 Å². The van der Waals surface area contributed by atoms with Crippen molar-refractivity contribution in [2.45, 2.75) is 87.6 Å². The van der Waals surface area contributed by atoms with E-state index < -0.39 is 46.6 Å². The number of rotatable bonds is 8. The SMILES string of the molecule is COC1=C[C@]23CCCN2CCc2cc4c(cc2[C@]3(C)[C@@H]1OC(=O)C[C@](O)(CCC(C)(C)O)C(=O)O)OCO4. The van der Waals surface area contributed by atoms with Crippen molar-refractivity contribution in [3.8, 4) is 11.5 Å². The number of hydrogen-bond acceptors (Lipinski definition) is 9. The maximum atomic E-state index is 13.3. The largest absolute Gasteiger partial charge is 0.497 e. The maximum absolute atomic E-state index is 13.3. The van der Waals surface area contributed by atoms with Gasteiger partial charge >= 0.3 is 11.9 Å². The molecule has 1 fully saturated rings. The van der Waals surface area contributed by atoms with Gasteiger partial charge in [-0.2, -0.15) is 0 Å². The Morgan fingerprint density at radius 3 is 2.53 bits per heavy atom. The van der Waals surface area contributed by atoms with Crippen LogP contribution in [-0.2, 0) is 30.9 Å². The van der Waals surface area contributed by atoms with Crippen molar-refractivity contribution in [3.63, 3.8) is 0 Å². The predicted octanol–water partition coefficient (Wildman–Crippen LogP) is 2.28. The zero-order valence-electron chi connectivity index (χ0n) is 22.4. The second-order valence-corrected chi connectivity index (χ2v) is 11.8. The quantitative estimate of drug-likeness (QED) is 0.429. The fraction of sp³-hybridized carbons (Fsp3) is 0.643. The van der Waals surface area contributed by atoms with Gasteiger partial charge in [0.25, 0.3) is 0 Å². The Kier molecular flexibility index (Phi) is 6.44. The molecule has 3 N–H and O–H groups in total. The summed E-state index contributed by atoms with van der Waals surface area (Å²) in [5.41, 5.74) is -2.78. The van der Waals surface area contributed by atoms with Crippen LogP contribution in [0.1, 0.15) is 64.0 Å². The van der Waals surface area contributed by atoms with Crippen LogP contribution in [0.3, 0.4) is 0 Å². The topological polar surface area (TPSA) is 135 Å². The lowest BCUT2D eigenvalue weighted by Crippen LogP contribution is -2.58. The second kappa shape index (κ2) is 9.14. The molecule has 1 aromatic rings. The molecule has 5 rings (SSSR count). The van der Waals surface area contributed by atoms with E-state index in [1.807, 2.05) is 12.1 Å². The number of fused-ring (bicyclic) bond motifs is 3. The van der Waals surface area contributed by atoms with Crippen LogP contribution in [0.4, 0.5) is 0 Å². The highest BCUT2D eigenvalue weighted by atomic mass is 16.7. The highest BCUT2D eigenvalue weighted by Gasteiger charge is 2.66. The zero-order chi connectivity index (χ0) is 27.5. The van der Waals surface area contributed by atoms with Gasteiger partial charge in [-0.05, 0) is 88.8 Å². The van der Waals surface area contributed by atoms with Crippen LogP contribution in [0.5, 0.6) is 11.5 Å². The van der Waals surface area contributed by atoms with Gasteiger partial charge in [0.2, 0.25) is 6.79 Å². The van der Waals surface area contributed by atoms with Gasteiger partial charge in [0.1, 0.15) is 5.76 Å². The van der Waals surface area contributed by atoms with Crippen LogP contribution < -0.4 is 9.47 Å². The van der Waals surface area contributed by atoms with Gasteiger partial charge in [-0.3, -0.25) is 9.69 Å². The molecule has 0 unspecified atom stereocenters. The summed E-state index contributed by atoms with van der Waals surface area (Å²) in [4.78, 5) is 27.7. The molecule has 0 saturated carbocycles. The molecule has 1 aromatic carbocycles. The Hall–Kier alpha value is -2.82. The molecule has 10 heteroatoms. The van der Waals surface area contributed by atoms with Crippen molar-refractivity contribution in [1.82, 2.24) is 4.90 Å². The van der Waals surface area contributed by atoms with Crippen molar-refractivity contribution < 1.29 is 43.9 Å². The van der Waals surface area contributed by atoms with Gasteiger partial charge in [-0.25, -0.2) is 4.79 Å². The molecule has 4 aliphatic rings. The third-order valence-electron chi connectivity index (χ3n) is 8.89. The fourth-order valence-corrected chi connectivity index (χ4v) is 6.77. The average molecular weight is 532 g/mol. The molecular weight excluding hydrogens is 494 g/mol. The van der Waals surface area contributed by atoms with E-state index in [4.69, 9.17) is 18.9 Å². The summed E-state index contributed by atoms with van der Waals surface area (Å²) < 4.78 is 23.2. The van der Waals surface area contributed by atoms with E-state index in [1.165, 1.54) is 21.0 Å². The van der Waals surface area contributed by atoms with Gasteiger partial charge in [-0.15, -0.1) is 0 Å². The molecule has 38 heavy (non-hydrogen) atoms. The lowest BCUT2D eigenvalue weighted by Gasteiger charge is -2.47. The number of carboxylic acid groups (broad SMARTS) is 1. The minimum Gasteiger partial charge on any atom is -0.497 e. The molecule has 4 atom stereocenters. The molecule has 0 amide bonds. The highest BCUT2D eigenvalue weighted by molar-refractivity contribution is 5.84. The third kappa shape index (κ3) is 4.13. The Bertz CT molecular complexity index is 1170. The van der Waals surface area contributed by atoms with E-state index in [9.17, 15) is 24.9 Å². The Morgan fingerprint density at radius 1 is 1.16 bits per heavy atom. The maximum Gasteiger partial charge on any atom is 0.336 e. The fourth-order valence-electron chi connectivity index (χ4n) is 6.77. The molecule has 208 valence electrons. The van der Waals surface area contributed by atoms with Crippen molar-refractivity contribution >= 4 is 11.9 Å². The Labute approximate surface area is 222 Å². The number of carboxylic acids is 1. The summed E-state index contributed by atoms with van der Waals surface area (Å²) in [7, 11) is 1.54. The van der Waals surface area contributed by atoms with E-state index in [1.54, 1.807) is 0 Å². The normalized spacial score (nSPS) is 29.4. The summed E-state index contributed by atoms with van der Waals surface area (Å²) in [6, 6.07) is 3.98. The van der Waals surface area contributed by atoms with Crippen molar-refractivity contribution in [3.05, 3.63) is 35.1 Å². The second-order valence-electron chi connectivity index (χ2n) is 11.8. The molecule has 0 radical (unpaired) electrons. The van der Waals surface area contributed by atoms with Crippen LogP contribution in [0.25, 0.3) is 0 Å². The number of nitrogens with zero attached hydrogens (tertiary/aromatic N) is 1. The van der Waals surface area contributed by atoms with Crippen molar-refractivity contribution in [2.75, 3.05) is 27.0 Å². The van der Waals surface area contributed by atoms with Crippen LogP contribution in [0, 0.1) is 0 Å². The number of methoxy groups -OCH3 is 1. The Balaban J connectivity index is 1.52. The molecule has 3 aliphatic heterocycles. The zero-order valence-corrected chi connectivity index (χ0v) is 22.4. The molecule has 1 saturated heterocycles. The number of benzene rings is 1. The van der Waals surface area contributed by atoms with E-state index in [0.29, 0.717) is 17.3 Å². The summed E-state index contributed by atoms with van der Waals surface area (Å²) in [6.45, 7) is 6.95. The molecule has 0 aromatic heterocycles. The minimum absolute atomic E-state index is 0.00786. The minimum atomic E-state index is -2.38. The lowest BCUT2D eigenvalue weighted by atomic mass is 9.65. The first-order chi connectivity index (χ1) is 17.8. The number of ether oxygens (including phenoxy) is 4. The number of carbonyl (C=O) groups is 2. The Morgan fingerprint density at radius 2 is 1.87 bits per heavy atom. The van der Waals surface area contributed by atoms with Crippen LogP contribution in [0.2, 0.25) is 0 Å². The van der Waals surface area contributed by atoms with Crippen molar-refractivity contribution in [1.29, 1.82) is 0 Å². The van der Waals surface area contributed by atoms with Gasteiger partial charge < -0.3 is 34.3 Å². The van der Waals surface area contributed by atoms with Gasteiger partial charge in [0.15, 0.2) is 23.2 Å². The smallest absolute Gasteiger partial charge is 0.336 e. The molecule has 3 heterocycles. The number of hydrogen-bond donors (Lipinski definition) is 3. The molecule has 1 aliphatic carbocycles. The first kappa shape index (κ1) is 26.8.